The van der Waals surface area contributed by atoms with E-state index in [4.69, 9.17) is 23.7 Å². The lowest BCUT2D eigenvalue weighted by Gasteiger charge is -2.39. The molecule has 1 fully saturated rings. The van der Waals surface area contributed by atoms with E-state index >= 15 is 0 Å². The Labute approximate surface area is 207 Å². The van der Waals surface area contributed by atoms with Gasteiger partial charge in [0.05, 0.1) is 0 Å². The molecule has 0 aliphatic carbocycles. The standard InChI is InChI=1S/C24H22O13/c25-11-6-12(10-4-2-1-3-5-10)35-13-7-14(19(29)21(31)18(11)13)36-24-23(33)22(32)20(30)15(37-24)9-34-17(28)8-16(26)27/h1-7,15,20,22-24,29-33H,8-9H2,(H,26,27). The molecule has 4 rings (SSSR count). The smallest absolute Gasteiger partial charge is 0.317 e. The van der Waals surface area contributed by atoms with Crippen LogP contribution >= 0.6 is 0 Å². The Bertz CT molecular complexity index is 1370. The molecular formula is C24H22O13. The minimum Gasteiger partial charge on any atom is -0.504 e. The van der Waals surface area contributed by atoms with Gasteiger partial charge in [-0.25, -0.2) is 0 Å². The highest BCUT2D eigenvalue weighted by atomic mass is 16.7. The van der Waals surface area contributed by atoms with Crippen molar-refractivity contribution in [3.63, 3.8) is 0 Å². The number of hydrogen-bond donors (Lipinski definition) is 6. The van der Waals surface area contributed by atoms with Crippen LogP contribution in [-0.2, 0) is 19.1 Å². The summed E-state index contributed by atoms with van der Waals surface area (Å²) in [7, 11) is 0. The number of rotatable bonds is 7. The van der Waals surface area contributed by atoms with Crippen LogP contribution in [0.25, 0.3) is 22.3 Å². The number of aliphatic hydroxyl groups excluding tert-OH is 3. The summed E-state index contributed by atoms with van der Waals surface area (Å²) in [6, 6.07) is 10.8. The Hall–Kier alpha value is -4.17. The van der Waals surface area contributed by atoms with Crippen molar-refractivity contribution in [1.29, 1.82) is 0 Å². The predicted octanol–water partition coefficient (Wildman–Crippen LogP) is 0.0755. The van der Waals surface area contributed by atoms with Crippen LogP contribution in [0, 0.1) is 0 Å². The van der Waals surface area contributed by atoms with Crippen molar-refractivity contribution in [3.8, 4) is 28.6 Å². The highest BCUT2D eigenvalue weighted by molar-refractivity contribution is 5.90. The van der Waals surface area contributed by atoms with Crippen LogP contribution in [0.15, 0.2) is 51.7 Å². The fourth-order valence-electron chi connectivity index (χ4n) is 3.73. The van der Waals surface area contributed by atoms with E-state index in [1.165, 1.54) is 0 Å². The summed E-state index contributed by atoms with van der Waals surface area (Å²) < 4.78 is 21.3. The van der Waals surface area contributed by atoms with Crippen LogP contribution in [0.3, 0.4) is 0 Å². The topological polar surface area (TPSA) is 213 Å². The van der Waals surface area contributed by atoms with Gasteiger partial charge in [0.2, 0.25) is 12.0 Å². The number of esters is 1. The minimum atomic E-state index is -1.87. The van der Waals surface area contributed by atoms with Crippen LogP contribution in [-0.4, -0.2) is 79.9 Å². The molecule has 0 radical (unpaired) electrons. The van der Waals surface area contributed by atoms with Crippen molar-refractivity contribution >= 4 is 22.9 Å². The normalized spacial score (nSPS) is 23.5. The molecule has 5 atom stereocenters. The van der Waals surface area contributed by atoms with Crippen molar-refractivity contribution in [2.75, 3.05) is 6.61 Å². The largest absolute Gasteiger partial charge is 0.504 e. The van der Waals surface area contributed by atoms with Gasteiger partial charge in [0, 0.05) is 17.7 Å². The predicted molar refractivity (Wildman–Crippen MR) is 122 cm³/mol. The SMILES string of the molecule is O=C(O)CC(=O)OCC1OC(Oc2cc3oc(-c4ccccc4)cc(=O)c3c(O)c2O)C(O)C(O)C1O. The van der Waals surface area contributed by atoms with Crippen LogP contribution in [0.5, 0.6) is 17.2 Å². The second kappa shape index (κ2) is 10.4. The van der Waals surface area contributed by atoms with Crippen LogP contribution in [0.4, 0.5) is 0 Å². The summed E-state index contributed by atoms with van der Waals surface area (Å²) in [4.78, 5) is 34.7. The molecule has 0 bridgehead atoms. The van der Waals surface area contributed by atoms with Crippen molar-refractivity contribution in [2.45, 2.75) is 37.1 Å². The second-order valence-electron chi connectivity index (χ2n) is 8.17. The number of benzene rings is 2. The molecule has 0 spiro atoms. The third-order valence-corrected chi connectivity index (χ3v) is 5.61. The van der Waals surface area contributed by atoms with Gasteiger partial charge in [-0.2, -0.15) is 0 Å². The van der Waals surface area contributed by atoms with Gasteiger partial charge in [-0.1, -0.05) is 30.3 Å². The van der Waals surface area contributed by atoms with Crippen molar-refractivity contribution in [1.82, 2.24) is 0 Å². The molecule has 1 aliphatic heterocycles. The summed E-state index contributed by atoms with van der Waals surface area (Å²) in [5.41, 5.74) is -0.281. The average molecular weight is 518 g/mol. The number of phenolic OH excluding ortho intramolecular Hbond substituents is 2. The first-order valence-electron chi connectivity index (χ1n) is 10.9. The summed E-state index contributed by atoms with van der Waals surface area (Å²) in [6.45, 7) is -0.693. The Balaban J connectivity index is 1.63. The van der Waals surface area contributed by atoms with Gasteiger partial charge < -0.3 is 49.3 Å². The number of carboxylic acid groups (broad SMARTS) is 1. The summed E-state index contributed by atoms with van der Waals surface area (Å²) in [6.07, 6.45) is -9.67. The summed E-state index contributed by atoms with van der Waals surface area (Å²) >= 11 is 0. The number of carboxylic acids is 1. The summed E-state index contributed by atoms with van der Waals surface area (Å²) in [5.74, 6) is -4.69. The third kappa shape index (κ3) is 5.34. The molecule has 6 N–H and O–H groups in total. The fourth-order valence-corrected chi connectivity index (χ4v) is 3.73. The molecule has 1 saturated heterocycles. The average Bonchev–Trinajstić information content (AvgIpc) is 2.86. The lowest BCUT2D eigenvalue weighted by molar-refractivity contribution is -0.278. The van der Waals surface area contributed by atoms with Crippen molar-refractivity contribution in [3.05, 3.63) is 52.7 Å². The Kier molecular flexibility index (Phi) is 7.31. The molecule has 196 valence electrons. The maximum absolute atomic E-state index is 12.6. The molecule has 2 heterocycles. The van der Waals surface area contributed by atoms with E-state index in [0.717, 1.165) is 12.1 Å². The van der Waals surface area contributed by atoms with Gasteiger partial charge >= 0.3 is 11.9 Å². The Morgan fingerprint density at radius 3 is 2.32 bits per heavy atom. The number of aromatic hydroxyl groups is 2. The van der Waals surface area contributed by atoms with Gasteiger partial charge in [0.25, 0.3) is 0 Å². The Morgan fingerprint density at radius 2 is 1.65 bits per heavy atom. The zero-order valence-electron chi connectivity index (χ0n) is 18.9. The highest BCUT2D eigenvalue weighted by Gasteiger charge is 2.46. The molecule has 0 saturated carbocycles. The minimum absolute atomic E-state index is 0.157. The molecule has 1 aliphatic rings. The number of carbonyl (C=O) groups is 2. The number of aliphatic carboxylic acids is 1. The first kappa shape index (κ1) is 25.9. The van der Waals surface area contributed by atoms with Gasteiger partial charge in [-0.05, 0) is 0 Å². The highest BCUT2D eigenvalue weighted by Crippen LogP contribution is 2.42. The van der Waals surface area contributed by atoms with Crippen LogP contribution < -0.4 is 10.2 Å². The van der Waals surface area contributed by atoms with E-state index in [1.54, 1.807) is 30.3 Å². The molecule has 0 amide bonds. The second-order valence-corrected chi connectivity index (χ2v) is 8.17. The van der Waals surface area contributed by atoms with E-state index in [1.807, 2.05) is 0 Å². The van der Waals surface area contributed by atoms with Crippen LogP contribution in [0.2, 0.25) is 0 Å². The quantitative estimate of drug-likeness (QED) is 0.139. The van der Waals surface area contributed by atoms with Gasteiger partial charge in [0.15, 0.2) is 16.9 Å². The van der Waals surface area contributed by atoms with E-state index in [9.17, 15) is 39.9 Å². The zero-order chi connectivity index (χ0) is 26.9. The molecule has 13 nitrogen and oxygen atoms in total. The van der Waals surface area contributed by atoms with Gasteiger partial charge in [-0.3, -0.25) is 14.4 Å². The molecule has 3 aromatic rings. The molecule has 1 aromatic heterocycles. The molecule has 13 heteroatoms. The number of hydrogen-bond acceptors (Lipinski definition) is 12. The number of ether oxygens (including phenoxy) is 3. The molecular weight excluding hydrogens is 496 g/mol. The fraction of sp³-hybridized carbons (Fsp3) is 0.292. The molecule has 5 unspecified atom stereocenters. The van der Waals surface area contributed by atoms with Crippen molar-refractivity contribution in [2.24, 2.45) is 0 Å². The van der Waals surface area contributed by atoms with E-state index in [0.29, 0.717) is 5.56 Å². The molecule has 37 heavy (non-hydrogen) atoms. The van der Waals surface area contributed by atoms with Gasteiger partial charge in [-0.15, -0.1) is 0 Å². The van der Waals surface area contributed by atoms with Gasteiger partial charge in [0.1, 0.15) is 54.2 Å². The van der Waals surface area contributed by atoms with E-state index in [-0.39, 0.29) is 16.7 Å². The maximum Gasteiger partial charge on any atom is 0.317 e. The first-order valence-corrected chi connectivity index (χ1v) is 10.9. The number of carbonyl (C=O) groups excluding carboxylic acids is 1. The van der Waals surface area contributed by atoms with E-state index < -0.39 is 78.3 Å². The lowest BCUT2D eigenvalue weighted by atomic mass is 9.99. The summed E-state index contributed by atoms with van der Waals surface area (Å²) in [5, 5.41) is 59.9. The number of phenols is 2. The first-order chi connectivity index (χ1) is 17.6. The zero-order valence-corrected chi connectivity index (χ0v) is 18.9. The van der Waals surface area contributed by atoms with E-state index in [2.05, 4.69) is 0 Å². The monoisotopic (exact) mass is 518 g/mol. The maximum atomic E-state index is 12.6. The van der Waals surface area contributed by atoms with Crippen LogP contribution in [0.1, 0.15) is 6.42 Å². The third-order valence-electron chi connectivity index (χ3n) is 5.61. The lowest BCUT2D eigenvalue weighted by Crippen LogP contribution is -2.60. The van der Waals surface area contributed by atoms with Crippen molar-refractivity contribution < 1.29 is 58.9 Å². The number of fused-ring (bicyclic) bond motifs is 1. The molecule has 2 aromatic carbocycles. The number of aliphatic hydroxyl groups is 3. The Morgan fingerprint density at radius 1 is 0.946 bits per heavy atom.